The summed E-state index contributed by atoms with van der Waals surface area (Å²) >= 11 is 1.63. The molecule has 0 saturated heterocycles. The molecular formula is C17H21N3O2S. The smallest absolute Gasteiger partial charge is 0.227 e. The van der Waals surface area contributed by atoms with Crippen LogP contribution < -0.4 is 4.90 Å². The SMILES string of the molecule is COCCN1CCN(C(=O)Cc2ccsc2)Cc2cccnc21. The van der Waals surface area contributed by atoms with Gasteiger partial charge >= 0.3 is 0 Å². The molecule has 5 nitrogen and oxygen atoms in total. The summed E-state index contributed by atoms with van der Waals surface area (Å²) in [7, 11) is 1.70. The molecule has 0 aromatic carbocycles. The molecule has 0 aliphatic carbocycles. The molecule has 2 aromatic rings. The maximum Gasteiger partial charge on any atom is 0.227 e. The molecule has 2 aromatic heterocycles. The molecule has 0 fully saturated rings. The fourth-order valence-electron chi connectivity index (χ4n) is 2.78. The van der Waals surface area contributed by atoms with Crippen LogP contribution in [0.1, 0.15) is 11.1 Å². The standard InChI is InChI=1S/C17H21N3O2S/c1-22-9-8-19-6-7-20(12-15-3-2-5-18-17(15)19)16(21)11-14-4-10-23-13-14/h2-5,10,13H,6-9,11-12H2,1H3. The molecule has 1 amide bonds. The van der Waals surface area contributed by atoms with E-state index >= 15 is 0 Å². The molecule has 0 unspecified atom stereocenters. The Hall–Kier alpha value is -1.92. The lowest BCUT2D eigenvalue weighted by atomic mass is 10.2. The minimum atomic E-state index is 0.173. The number of thiophene rings is 1. The van der Waals surface area contributed by atoms with Crippen molar-refractivity contribution in [1.29, 1.82) is 0 Å². The Labute approximate surface area is 140 Å². The summed E-state index contributed by atoms with van der Waals surface area (Å²) in [5, 5.41) is 4.05. The Morgan fingerprint density at radius 1 is 1.39 bits per heavy atom. The zero-order valence-corrected chi connectivity index (χ0v) is 14.1. The predicted octanol–water partition coefficient (Wildman–Crippen LogP) is 2.18. The molecule has 23 heavy (non-hydrogen) atoms. The summed E-state index contributed by atoms with van der Waals surface area (Å²) < 4.78 is 5.20. The Balaban J connectivity index is 1.75. The van der Waals surface area contributed by atoms with Gasteiger partial charge in [-0.05, 0) is 28.5 Å². The molecule has 0 atom stereocenters. The molecule has 1 aliphatic rings. The number of hydrogen-bond acceptors (Lipinski definition) is 5. The van der Waals surface area contributed by atoms with E-state index in [4.69, 9.17) is 4.74 Å². The van der Waals surface area contributed by atoms with Crippen LogP contribution in [0, 0.1) is 0 Å². The maximum atomic E-state index is 12.6. The normalized spacial score (nSPS) is 14.5. The van der Waals surface area contributed by atoms with Gasteiger partial charge < -0.3 is 14.5 Å². The van der Waals surface area contributed by atoms with Gasteiger partial charge in [0.1, 0.15) is 5.82 Å². The van der Waals surface area contributed by atoms with Gasteiger partial charge in [0, 0.05) is 45.0 Å². The summed E-state index contributed by atoms with van der Waals surface area (Å²) in [5.41, 5.74) is 2.19. The van der Waals surface area contributed by atoms with E-state index in [1.165, 1.54) is 0 Å². The topological polar surface area (TPSA) is 45.7 Å². The van der Waals surface area contributed by atoms with Gasteiger partial charge in [0.2, 0.25) is 5.91 Å². The van der Waals surface area contributed by atoms with E-state index in [9.17, 15) is 4.79 Å². The van der Waals surface area contributed by atoms with Crippen LogP contribution in [0.4, 0.5) is 5.82 Å². The highest BCUT2D eigenvalue weighted by Crippen LogP contribution is 2.22. The largest absolute Gasteiger partial charge is 0.383 e. The maximum absolute atomic E-state index is 12.6. The van der Waals surface area contributed by atoms with E-state index in [-0.39, 0.29) is 5.91 Å². The molecule has 0 radical (unpaired) electrons. The molecule has 0 N–H and O–H groups in total. The zero-order valence-electron chi connectivity index (χ0n) is 13.3. The first kappa shape index (κ1) is 16.0. The molecule has 0 spiro atoms. The molecule has 122 valence electrons. The van der Waals surface area contributed by atoms with Gasteiger partial charge in [-0.3, -0.25) is 4.79 Å². The van der Waals surface area contributed by atoms with Crippen LogP contribution in [-0.2, 0) is 22.5 Å². The minimum absolute atomic E-state index is 0.173. The van der Waals surface area contributed by atoms with Crippen LogP contribution >= 0.6 is 11.3 Å². The van der Waals surface area contributed by atoms with Crippen molar-refractivity contribution in [1.82, 2.24) is 9.88 Å². The van der Waals surface area contributed by atoms with E-state index < -0.39 is 0 Å². The van der Waals surface area contributed by atoms with Gasteiger partial charge in [0.25, 0.3) is 0 Å². The van der Waals surface area contributed by atoms with Crippen molar-refractivity contribution < 1.29 is 9.53 Å². The Kier molecular flexibility index (Phi) is 5.25. The molecule has 1 aliphatic heterocycles. The number of ether oxygens (including phenoxy) is 1. The average molecular weight is 331 g/mol. The van der Waals surface area contributed by atoms with E-state index in [0.29, 0.717) is 26.1 Å². The first-order chi connectivity index (χ1) is 11.3. The van der Waals surface area contributed by atoms with Crippen LogP contribution in [0.5, 0.6) is 0 Å². The second-order valence-electron chi connectivity index (χ2n) is 5.59. The third-order valence-corrected chi connectivity index (χ3v) is 4.75. The molecule has 0 saturated carbocycles. The average Bonchev–Trinajstić information content (AvgIpc) is 3.00. The lowest BCUT2D eigenvalue weighted by Gasteiger charge is -2.23. The Morgan fingerprint density at radius 2 is 2.30 bits per heavy atom. The highest BCUT2D eigenvalue weighted by Gasteiger charge is 2.23. The second-order valence-corrected chi connectivity index (χ2v) is 6.37. The van der Waals surface area contributed by atoms with Crippen LogP contribution in [0.15, 0.2) is 35.2 Å². The van der Waals surface area contributed by atoms with Gasteiger partial charge in [-0.15, -0.1) is 0 Å². The number of amides is 1. The highest BCUT2D eigenvalue weighted by atomic mass is 32.1. The fraction of sp³-hybridized carbons (Fsp3) is 0.412. The van der Waals surface area contributed by atoms with Crippen LogP contribution in [-0.4, -0.2) is 49.1 Å². The first-order valence-electron chi connectivity index (χ1n) is 7.74. The molecule has 3 rings (SSSR count). The third kappa shape index (κ3) is 3.89. The van der Waals surface area contributed by atoms with Gasteiger partial charge in [0.15, 0.2) is 0 Å². The fourth-order valence-corrected chi connectivity index (χ4v) is 3.45. The van der Waals surface area contributed by atoms with Gasteiger partial charge in [0.05, 0.1) is 13.0 Å². The van der Waals surface area contributed by atoms with Crippen molar-refractivity contribution in [2.24, 2.45) is 0 Å². The molecule has 0 bridgehead atoms. The van der Waals surface area contributed by atoms with Crippen LogP contribution in [0.25, 0.3) is 0 Å². The number of rotatable bonds is 5. The van der Waals surface area contributed by atoms with Gasteiger partial charge in [-0.2, -0.15) is 11.3 Å². The summed E-state index contributed by atoms with van der Waals surface area (Å²) in [6.45, 7) is 3.55. The summed E-state index contributed by atoms with van der Waals surface area (Å²) in [5.74, 6) is 1.14. The van der Waals surface area contributed by atoms with Crippen molar-refractivity contribution in [3.63, 3.8) is 0 Å². The van der Waals surface area contributed by atoms with Crippen molar-refractivity contribution in [3.8, 4) is 0 Å². The Bertz CT molecular complexity index is 645. The number of nitrogens with zero attached hydrogens (tertiary/aromatic N) is 3. The zero-order chi connectivity index (χ0) is 16.1. The summed E-state index contributed by atoms with van der Waals surface area (Å²) in [6, 6.07) is 6.00. The van der Waals surface area contributed by atoms with Crippen molar-refractivity contribution in [3.05, 3.63) is 46.3 Å². The number of hydrogen-bond donors (Lipinski definition) is 0. The predicted molar refractivity (Wildman–Crippen MR) is 91.8 cm³/mol. The number of carbonyl (C=O) groups excluding carboxylic acids is 1. The highest BCUT2D eigenvalue weighted by molar-refractivity contribution is 7.07. The quantitative estimate of drug-likeness (QED) is 0.842. The van der Waals surface area contributed by atoms with E-state index in [1.807, 2.05) is 34.0 Å². The monoisotopic (exact) mass is 331 g/mol. The lowest BCUT2D eigenvalue weighted by Crippen LogP contribution is -2.37. The molecule has 6 heteroatoms. The van der Waals surface area contributed by atoms with Gasteiger partial charge in [-0.25, -0.2) is 4.98 Å². The van der Waals surface area contributed by atoms with E-state index in [0.717, 1.165) is 30.0 Å². The number of fused-ring (bicyclic) bond motifs is 1. The van der Waals surface area contributed by atoms with Gasteiger partial charge in [-0.1, -0.05) is 6.07 Å². The number of pyridine rings is 1. The van der Waals surface area contributed by atoms with E-state index in [2.05, 4.69) is 16.0 Å². The summed E-state index contributed by atoms with van der Waals surface area (Å²) in [4.78, 5) is 21.3. The molecular weight excluding hydrogens is 310 g/mol. The Morgan fingerprint density at radius 3 is 3.09 bits per heavy atom. The van der Waals surface area contributed by atoms with Crippen molar-refractivity contribution in [2.75, 3.05) is 38.3 Å². The number of aromatic nitrogens is 1. The van der Waals surface area contributed by atoms with Crippen molar-refractivity contribution in [2.45, 2.75) is 13.0 Å². The summed E-state index contributed by atoms with van der Waals surface area (Å²) in [6.07, 6.45) is 2.28. The van der Waals surface area contributed by atoms with Crippen LogP contribution in [0.2, 0.25) is 0 Å². The lowest BCUT2D eigenvalue weighted by molar-refractivity contribution is -0.130. The molecule has 3 heterocycles. The van der Waals surface area contributed by atoms with E-state index in [1.54, 1.807) is 18.4 Å². The number of methoxy groups -OCH3 is 1. The first-order valence-corrected chi connectivity index (χ1v) is 8.69. The minimum Gasteiger partial charge on any atom is -0.383 e. The number of anilines is 1. The van der Waals surface area contributed by atoms with Crippen molar-refractivity contribution >= 4 is 23.1 Å². The van der Waals surface area contributed by atoms with Crippen LogP contribution in [0.3, 0.4) is 0 Å². The number of carbonyl (C=O) groups is 1. The third-order valence-electron chi connectivity index (χ3n) is 4.02. The second kappa shape index (κ2) is 7.57.